The third-order valence-electron chi connectivity index (χ3n) is 7.70. The number of benzene rings is 1. The summed E-state index contributed by atoms with van der Waals surface area (Å²) in [5, 5.41) is 0.448. The van der Waals surface area contributed by atoms with Gasteiger partial charge >= 0.3 is 11.9 Å². The van der Waals surface area contributed by atoms with E-state index < -0.39 is 29.4 Å². The van der Waals surface area contributed by atoms with Crippen molar-refractivity contribution < 1.29 is 23.8 Å². The average Bonchev–Trinajstić information content (AvgIpc) is 3.35. The fraction of sp³-hybridized carbons (Fsp3) is 0.484. The molecule has 2 aliphatic rings. The Morgan fingerprint density at radius 2 is 1.98 bits per heavy atom. The summed E-state index contributed by atoms with van der Waals surface area (Å²) in [7, 11) is 1.34. The van der Waals surface area contributed by atoms with Crippen LogP contribution in [-0.4, -0.2) is 66.5 Å². The zero-order valence-electron chi connectivity index (χ0n) is 23.7. The number of methoxy groups -OCH3 is 1. The van der Waals surface area contributed by atoms with Gasteiger partial charge in [-0.25, -0.2) is 4.79 Å². The maximum absolute atomic E-state index is 14.3. The van der Waals surface area contributed by atoms with Gasteiger partial charge in [0.05, 0.1) is 25.0 Å². The van der Waals surface area contributed by atoms with Crippen molar-refractivity contribution in [3.8, 4) is 0 Å². The van der Waals surface area contributed by atoms with E-state index in [-0.39, 0.29) is 6.61 Å². The maximum Gasteiger partial charge on any atom is 0.337 e. The molecule has 2 aromatic rings. The Bertz CT molecular complexity index is 1260. The first-order valence-corrected chi connectivity index (χ1v) is 14.2. The smallest absolute Gasteiger partial charge is 0.337 e. The molecule has 2 aliphatic heterocycles. The first-order valence-electron chi connectivity index (χ1n) is 13.8. The van der Waals surface area contributed by atoms with E-state index in [0.29, 0.717) is 53.6 Å². The number of hydrogen-bond donors (Lipinski definition) is 0. The molecule has 1 aromatic heterocycles. The van der Waals surface area contributed by atoms with E-state index in [1.54, 1.807) is 19.2 Å². The minimum atomic E-state index is -0.828. The summed E-state index contributed by atoms with van der Waals surface area (Å²) in [4.78, 5) is 38.6. The number of aliphatic imine (C=N–C) groups is 1. The molecule has 0 radical (unpaired) electrons. The van der Waals surface area contributed by atoms with E-state index in [1.165, 1.54) is 7.11 Å². The number of likely N-dealkylation sites (tertiary alicyclic amines) is 1. The van der Waals surface area contributed by atoms with Gasteiger partial charge in [0.1, 0.15) is 11.5 Å². The summed E-state index contributed by atoms with van der Waals surface area (Å²) in [6, 6.07) is 11.2. The molecule has 3 atom stereocenters. The van der Waals surface area contributed by atoms with Crippen LogP contribution in [-0.2, 0) is 30.3 Å². The van der Waals surface area contributed by atoms with Crippen LogP contribution in [0.4, 0.5) is 0 Å². The SMILES string of the molecule is CCCOCC1=C(C(=O)OC2(CC)CCN(Cc3cccnc3)C2)C(c2ccccc2Cl)C(C(=O)OC)C(C)=N1. The minimum absolute atomic E-state index is 0.122. The largest absolute Gasteiger partial charge is 0.468 e. The molecular formula is C31H38ClN3O5. The lowest BCUT2D eigenvalue weighted by Crippen LogP contribution is -2.42. The normalized spacial score (nSPS) is 23.2. The first kappa shape index (κ1) is 29.9. The van der Waals surface area contributed by atoms with Gasteiger partial charge in [0.25, 0.3) is 0 Å². The summed E-state index contributed by atoms with van der Waals surface area (Å²) in [5.74, 6) is -2.55. The number of halogens is 1. The predicted octanol–water partition coefficient (Wildman–Crippen LogP) is 5.36. The lowest BCUT2D eigenvalue weighted by atomic mass is 9.75. The molecule has 0 N–H and O–H groups in total. The van der Waals surface area contributed by atoms with Gasteiger partial charge in [-0.05, 0) is 43.0 Å². The van der Waals surface area contributed by atoms with Crippen LogP contribution >= 0.6 is 11.6 Å². The van der Waals surface area contributed by atoms with Crippen molar-refractivity contribution in [3.63, 3.8) is 0 Å². The van der Waals surface area contributed by atoms with Gasteiger partial charge in [-0.3, -0.25) is 19.7 Å². The van der Waals surface area contributed by atoms with E-state index in [2.05, 4.69) is 9.88 Å². The van der Waals surface area contributed by atoms with Crippen molar-refractivity contribution >= 4 is 29.3 Å². The number of ether oxygens (including phenoxy) is 3. The van der Waals surface area contributed by atoms with Gasteiger partial charge in [-0.1, -0.05) is 49.7 Å². The lowest BCUT2D eigenvalue weighted by molar-refractivity contribution is -0.155. The van der Waals surface area contributed by atoms with Crippen molar-refractivity contribution in [3.05, 3.63) is 76.2 Å². The highest BCUT2D eigenvalue weighted by Crippen LogP contribution is 2.44. The highest BCUT2D eigenvalue weighted by atomic mass is 35.5. The van der Waals surface area contributed by atoms with Crippen molar-refractivity contribution in [1.29, 1.82) is 0 Å². The predicted molar refractivity (Wildman–Crippen MR) is 154 cm³/mol. The van der Waals surface area contributed by atoms with E-state index in [0.717, 1.165) is 25.1 Å². The fourth-order valence-electron chi connectivity index (χ4n) is 5.60. The molecule has 1 saturated heterocycles. The molecule has 0 spiro atoms. The van der Waals surface area contributed by atoms with Crippen LogP contribution in [0.1, 0.15) is 57.1 Å². The second kappa shape index (κ2) is 13.5. The molecule has 214 valence electrons. The first-order chi connectivity index (χ1) is 19.3. The molecule has 0 bridgehead atoms. The Morgan fingerprint density at radius 1 is 1.18 bits per heavy atom. The zero-order chi connectivity index (χ0) is 28.7. The van der Waals surface area contributed by atoms with Crippen LogP contribution in [0.3, 0.4) is 0 Å². The topological polar surface area (TPSA) is 90.3 Å². The molecule has 8 nitrogen and oxygen atoms in total. The Morgan fingerprint density at radius 3 is 2.65 bits per heavy atom. The highest BCUT2D eigenvalue weighted by molar-refractivity contribution is 6.31. The van der Waals surface area contributed by atoms with Crippen LogP contribution in [0.2, 0.25) is 5.02 Å². The second-order valence-electron chi connectivity index (χ2n) is 10.4. The Kier molecular flexibility index (Phi) is 10.1. The zero-order valence-corrected chi connectivity index (χ0v) is 24.4. The van der Waals surface area contributed by atoms with Gasteiger partial charge in [-0.2, -0.15) is 0 Å². The molecule has 3 heterocycles. The third kappa shape index (κ3) is 6.62. The summed E-state index contributed by atoms with van der Waals surface area (Å²) in [5.41, 5.74) is 2.36. The third-order valence-corrected chi connectivity index (χ3v) is 8.04. The van der Waals surface area contributed by atoms with Crippen molar-refractivity contribution in [2.24, 2.45) is 10.9 Å². The van der Waals surface area contributed by atoms with Gasteiger partial charge in [0.2, 0.25) is 0 Å². The molecule has 0 amide bonds. The molecule has 3 unspecified atom stereocenters. The summed E-state index contributed by atoms with van der Waals surface area (Å²) < 4.78 is 17.4. The molecule has 1 aromatic carbocycles. The van der Waals surface area contributed by atoms with Crippen molar-refractivity contribution in [2.45, 2.75) is 58.1 Å². The molecule has 0 aliphatic carbocycles. The number of nitrogens with zero attached hydrogens (tertiary/aromatic N) is 3. The van der Waals surface area contributed by atoms with Crippen LogP contribution in [0, 0.1) is 5.92 Å². The number of rotatable bonds is 11. The number of carbonyl (C=O) groups excluding carboxylic acids is 2. The second-order valence-corrected chi connectivity index (χ2v) is 10.8. The Balaban J connectivity index is 1.71. The summed E-state index contributed by atoms with van der Waals surface area (Å²) >= 11 is 6.67. The van der Waals surface area contributed by atoms with Crippen molar-refractivity contribution in [1.82, 2.24) is 9.88 Å². The van der Waals surface area contributed by atoms with E-state index in [9.17, 15) is 9.59 Å². The molecule has 1 fully saturated rings. The van der Waals surface area contributed by atoms with Crippen LogP contribution in [0.5, 0.6) is 0 Å². The maximum atomic E-state index is 14.3. The number of aromatic nitrogens is 1. The number of esters is 2. The van der Waals surface area contributed by atoms with Crippen LogP contribution < -0.4 is 0 Å². The molecule has 0 saturated carbocycles. The molecule has 4 rings (SSSR count). The summed E-state index contributed by atoms with van der Waals surface area (Å²) in [6.07, 6.45) is 5.78. The van der Waals surface area contributed by atoms with Gasteiger partial charge in [0.15, 0.2) is 0 Å². The van der Waals surface area contributed by atoms with Crippen LogP contribution in [0.15, 0.2) is 65.1 Å². The van der Waals surface area contributed by atoms with E-state index in [4.69, 9.17) is 30.8 Å². The average molecular weight is 568 g/mol. The lowest BCUT2D eigenvalue weighted by Gasteiger charge is -2.35. The standard InChI is InChI=1S/C31H38ClN3O5/c1-5-16-39-19-25-28(27(23-11-7-8-12-24(23)32)26(21(3)34-25)29(36)38-4)30(37)40-31(6-2)13-15-35(20-31)18-22-10-9-14-33-17-22/h7-12,14,17,26-27H,5-6,13,15-16,18-20H2,1-4H3. The highest BCUT2D eigenvalue weighted by Gasteiger charge is 2.47. The van der Waals surface area contributed by atoms with E-state index >= 15 is 0 Å². The van der Waals surface area contributed by atoms with Crippen molar-refractivity contribution in [2.75, 3.05) is 33.4 Å². The van der Waals surface area contributed by atoms with E-state index in [1.807, 2.05) is 50.4 Å². The minimum Gasteiger partial charge on any atom is -0.468 e. The van der Waals surface area contributed by atoms with Gasteiger partial charge in [0, 0.05) is 61.7 Å². The Labute approximate surface area is 241 Å². The van der Waals surface area contributed by atoms with Gasteiger partial charge in [-0.15, -0.1) is 0 Å². The fourth-order valence-corrected chi connectivity index (χ4v) is 5.86. The number of pyridine rings is 1. The molecular weight excluding hydrogens is 530 g/mol. The number of hydrogen-bond acceptors (Lipinski definition) is 8. The molecule has 9 heteroatoms. The monoisotopic (exact) mass is 567 g/mol. The van der Waals surface area contributed by atoms with Crippen LogP contribution in [0.25, 0.3) is 0 Å². The molecule has 40 heavy (non-hydrogen) atoms. The number of carbonyl (C=O) groups is 2. The Hall–Kier alpha value is -3.07. The summed E-state index contributed by atoms with van der Waals surface area (Å²) in [6.45, 7) is 8.57. The van der Waals surface area contributed by atoms with Gasteiger partial charge < -0.3 is 14.2 Å². The quantitative estimate of drug-likeness (QED) is 0.267.